The maximum absolute atomic E-state index is 14.7. The Morgan fingerprint density at radius 2 is 1.83 bits per heavy atom. The van der Waals surface area contributed by atoms with Gasteiger partial charge in [0.2, 0.25) is 11.8 Å². The Bertz CT molecular complexity index is 1930. The number of amides is 3. The number of pyridine rings is 1. The standard InChI is InChI=1S/C40H51N4O9P/c1-7-26-23-40(26,54(48,49)51-8-2)43-36(45)33-21-29(24-44(33)37(46)35(39(3,4)5)42-38(47)53-27-16-12-13-17-27)52-34-22-31(25-14-10-9-11-15-25)41-32-20-28(50-6)18-19-30(32)34/h7,9-11,14-15,18-20,22,26-27,29,33,35H,1,8,12-13,16-17,21,23-24H2,2-6H3,(H,42,47)(H,43,45)(H,48,49)/t26-,29-,33+,35-,40+/m1/s1. The van der Waals surface area contributed by atoms with E-state index in [4.69, 9.17) is 23.7 Å². The number of nitrogens with one attached hydrogen (secondary N) is 2. The molecule has 3 amide bonds. The van der Waals surface area contributed by atoms with Crippen LogP contribution in [-0.4, -0.2) is 82.5 Å². The van der Waals surface area contributed by atoms with E-state index in [0.29, 0.717) is 28.1 Å². The number of fused-ring (bicyclic) bond motifs is 1. The normalized spacial score (nSPS) is 24.3. The Kier molecular flexibility index (Phi) is 11.4. The average molecular weight is 763 g/mol. The molecule has 1 unspecified atom stereocenters. The van der Waals surface area contributed by atoms with Gasteiger partial charge in [0.1, 0.15) is 41.1 Å². The Morgan fingerprint density at radius 3 is 2.46 bits per heavy atom. The minimum absolute atomic E-state index is 0.0103. The van der Waals surface area contributed by atoms with Crippen LogP contribution in [0, 0.1) is 11.3 Å². The first-order valence-corrected chi connectivity index (χ1v) is 20.2. The van der Waals surface area contributed by atoms with Crippen molar-refractivity contribution in [2.24, 2.45) is 11.3 Å². The van der Waals surface area contributed by atoms with Crippen LogP contribution in [-0.2, 0) is 23.4 Å². The molecule has 13 nitrogen and oxygen atoms in total. The lowest BCUT2D eigenvalue weighted by molar-refractivity contribution is -0.142. The molecule has 14 heteroatoms. The van der Waals surface area contributed by atoms with Crippen molar-refractivity contribution in [3.63, 3.8) is 0 Å². The molecule has 3 N–H and O–H groups in total. The molecule has 0 bridgehead atoms. The minimum atomic E-state index is -4.34. The van der Waals surface area contributed by atoms with E-state index < -0.39 is 60.3 Å². The second kappa shape index (κ2) is 15.7. The maximum Gasteiger partial charge on any atom is 0.408 e. The lowest BCUT2D eigenvalue weighted by Crippen LogP contribution is -2.58. The second-order valence-electron chi connectivity index (χ2n) is 15.4. The highest BCUT2D eigenvalue weighted by Crippen LogP contribution is 2.70. The summed E-state index contributed by atoms with van der Waals surface area (Å²) in [6, 6.07) is 14.8. The van der Waals surface area contributed by atoms with Crippen molar-refractivity contribution < 1.29 is 42.6 Å². The van der Waals surface area contributed by atoms with Gasteiger partial charge in [-0.1, -0.05) is 57.2 Å². The van der Waals surface area contributed by atoms with Crippen LogP contribution in [0.1, 0.15) is 66.2 Å². The van der Waals surface area contributed by atoms with E-state index in [1.165, 1.54) is 11.0 Å². The Morgan fingerprint density at radius 1 is 1.11 bits per heavy atom. The number of rotatable bonds is 13. The van der Waals surface area contributed by atoms with Gasteiger partial charge in [0.25, 0.3) is 0 Å². The summed E-state index contributed by atoms with van der Waals surface area (Å²) in [5.41, 5.74) is 1.37. The molecule has 1 aromatic heterocycles. The monoisotopic (exact) mass is 762 g/mol. The van der Waals surface area contributed by atoms with Crippen LogP contribution in [0.4, 0.5) is 4.79 Å². The molecule has 1 saturated heterocycles. The highest BCUT2D eigenvalue weighted by molar-refractivity contribution is 7.55. The third-order valence-electron chi connectivity index (χ3n) is 10.6. The molecule has 3 fully saturated rings. The molecule has 3 aromatic rings. The number of benzene rings is 2. The van der Waals surface area contributed by atoms with Crippen LogP contribution in [0.2, 0.25) is 0 Å². The van der Waals surface area contributed by atoms with Crippen molar-refractivity contribution in [2.45, 2.75) is 95.8 Å². The molecule has 3 aliphatic rings. The van der Waals surface area contributed by atoms with Crippen LogP contribution in [0.3, 0.4) is 0 Å². The molecule has 6 rings (SSSR count). The number of nitrogens with zero attached hydrogens (tertiary/aromatic N) is 2. The fourth-order valence-electron chi connectivity index (χ4n) is 7.52. The van der Waals surface area contributed by atoms with Gasteiger partial charge in [-0.05, 0) is 56.6 Å². The lowest BCUT2D eigenvalue weighted by Gasteiger charge is -2.35. The van der Waals surface area contributed by atoms with E-state index in [0.717, 1.165) is 31.2 Å². The first-order valence-electron chi connectivity index (χ1n) is 18.6. The smallest absolute Gasteiger partial charge is 0.408 e. The molecule has 54 heavy (non-hydrogen) atoms. The molecule has 2 heterocycles. The second-order valence-corrected chi connectivity index (χ2v) is 17.5. The zero-order valence-corrected chi connectivity index (χ0v) is 32.5. The zero-order chi connectivity index (χ0) is 38.8. The van der Waals surface area contributed by atoms with Crippen molar-refractivity contribution in [1.29, 1.82) is 0 Å². The first kappa shape index (κ1) is 39.2. The highest BCUT2D eigenvalue weighted by atomic mass is 31.2. The highest BCUT2D eigenvalue weighted by Gasteiger charge is 2.67. The van der Waals surface area contributed by atoms with Gasteiger partial charge in [-0.15, -0.1) is 6.58 Å². The Balaban J connectivity index is 1.34. The molecule has 1 aliphatic heterocycles. The number of hydrogen-bond donors (Lipinski definition) is 3. The predicted octanol–water partition coefficient (Wildman–Crippen LogP) is 6.58. The number of aromatic nitrogens is 1. The average Bonchev–Trinajstić information content (AvgIpc) is 3.41. The van der Waals surface area contributed by atoms with Crippen LogP contribution in [0.15, 0.2) is 67.3 Å². The van der Waals surface area contributed by atoms with Gasteiger partial charge >= 0.3 is 13.7 Å². The summed E-state index contributed by atoms with van der Waals surface area (Å²) in [4.78, 5) is 59.4. The van der Waals surface area contributed by atoms with Crippen LogP contribution < -0.4 is 20.1 Å². The largest absolute Gasteiger partial charge is 0.497 e. The molecule has 2 aliphatic carbocycles. The summed E-state index contributed by atoms with van der Waals surface area (Å²) in [5.74, 6) is -0.538. The summed E-state index contributed by atoms with van der Waals surface area (Å²) >= 11 is 0. The number of carbonyl (C=O) groups is 3. The summed E-state index contributed by atoms with van der Waals surface area (Å²) < 4.78 is 36.6. The van der Waals surface area contributed by atoms with E-state index in [9.17, 15) is 23.8 Å². The van der Waals surface area contributed by atoms with Crippen molar-refractivity contribution in [3.05, 3.63) is 67.3 Å². The number of ether oxygens (including phenoxy) is 3. The fraction of sp³-hybridized carbons (Fsp3) is 0.500. The first-order chi connectivity index (χ1) is 25.7. The van der Waals surface area contributed by atoms with Crippen LogP contribution in [0.5, 0.6) is 11.5 Å². The summed E-state index contributed by atoms with van der Waals surface area (Å²) in [7, 11) is -2.76. The zero-order valence-electron chi connectivity index (χ0n) is 31.6. The number of hydrogen-bond acceptors (Lipinski definition) is 9. The van der Waals surface area contributed by atoms with Crippen molar-refractivity contribution in [2.75, 3.05) is 20.3 Å². The molecular formula is C40H51N4O9P. The van der Waals surface area contributed by atoms with Crippen molar-refractivity contribution >= 4 is 36.4 Å². The van der Waals surface area contributed by atoms with E-state index in [-0.39, 0.29) is 32.1 Å². The van der Waals surface area contributed by atoms with Crippen LogP contribution >= 0.6 is 7.60 Å². The SMILES string of the molecule is C=C[C@@H]1C[C@]1(NC(=O)[C@@H]1C[C@@H](Oc2cc(-c3ccccc3)nc3cc(OC)ccc23)CN1C(=O)[C@@H](NC(=O)OC1CCCC1)C(C)(C)C)P(=O)(O)OCC. The lowest BCUT2D eigenvalue weighted by atomic mass is 9.85. The predicted molar refractivity (Wildman–Crippen MR) is 204 cm³/mol. The third-order valence-corrected chi connectivity index (χ3v) is 12.8. The van der Waals surface area contributed by atoms with Crippen LogP contribution in [0.25, 0.3) is 22.2 Å². The number of likely N-dealkylation sites (tertiary alicyclic amines) is 1. The molecule has 0 spiro atoms. The van der Waals surface area contributed by atoms with Crippen molar-refractivity contribution in [3.8, 4) is 22.8 Å². The van der Waals surface area contributed by atoms with Crippen molar-refractivity contribution in [1.82, 2.24) is 20.5 Å². The molecule has 2 saturated carbocycles. The van der Waals surface area contributed by atoms with Gasteiger partial charge in [-0.2, -0.15) is 0 Å². The quantitative estimate of drug-likeness (QED) is 0.128. The molecule has 2 aromatic carbocycles. The number of carbonyl (C=O) groups excluding carboxylic acids is 3. The maximum atomic E-state index is 14.7. The van der Waals surface area contributed by atoms with E-state index in [2.05, 4.69) is 17.2 Å². The van der Waals surface area contributed by atoms with Gasteiger partial charge in [-0.25, -0.2) is 9.78 Å². The Labute approximate surface area is 316 Å². The van der Waals surface area contributed by atoms with Gasteiger partial charge < -0.3 is 39.2 Å². The van der Waals surface area contributed by atoms with Gasteiger partial charge in [0.15, 0.2) is 0 Å². The summed E-state index contributed by atoms with van der Waals surface area (Å²) in [6.45, 7) is 10.8. The fourth-order valence-corrected chi connectivity index (χ4v) is 9.30. The minimum Gasteiger partial charge on any atom is -0.497 e. The molecule has 290 valence electrons. The molecular weight excluding hydrogens is 711 g/mol. The number of alkyl carbamates (subject to hydrolysis) is 1. The van der Waals surface area contributed by atoms with E-state index in [1.54, 1.807) is 20.1 Å². The van der Waals surface area contributed by atoms with Gasteiger partial charge in [-0.3, -0.25) is 14.2 Å². The van der Waals surface area contributed by atoms with Gasteiger partial charge in [0, 0.05) is 35.4 Å². The summed E-state index contributed by atoms with van der Waals surface area (Å²) in [5, 5.41) is 4.74. The third kappa shape index (κ3) is 8.13. The van der Waals surface area contributed by atoms with E-state index in [1.807, 2.05) is 69.3 Å². The van der Waals surface area contributed by atoms with E-state index >= 15 is 0 Å². The Hall–Kier alpha value is -4.45. The molecule has 6 atom stereocenters. The number of methoxy groups -OCH3 is 1. The molecule has 0 radical (unpaired) electrons. The topological polar surface area (TPSA) is 166 Å². The summed E-state index contributed by atoms with van der Waals surface area (Å²) in [6.07, 6.45) is 3.60. The van der Waals surface area contributed by atoms with Gasteiger partial charge in [0.05, 0.1) is 31.5 Å².